The van der Waals surface area contributed by atoms with Crippen LogP contribution in [0.3, 0.4) is 0 Å². The third kappa shape index (κ3) is 3.87. The second-order valence-electron chi connectivity index (χ2n) is 5.66. The van der Waals surface area contributed by atoms with Crippen molar-refractivity contribution in [2.45, 2.75) is 18.9 Å². The molecule has 0 saturated carbocycles. The van der Waals surface area contributed by atoms with E-state index < -0.39 is 0 Å². The van der Waals surface area contributed by atoms with E-state index in [1.165, 1.54) is 0 Å². The van der Waals surface area contributed by atoms with Crippen molar-refractivity contribution in [3.63, 3.8) is 0 Å². The van der Waals surface area contributed by atoms with Gasteiger partial charge in [0.25, 0.3) is 5.91 Å². The van der Waals surface area contributed by atoms with Crippen LogP contribution in [0.1, 0.15) is 23.3 Å². The summed E-state index contributed by atoms with van der Waals surface area (Å²) in [6, 6.07) is 13.2. The Morgan fingerprint density at radius 3 is 2.78 bits per heavy atom. The van der Waals surface area contributed by atoms with E-state index in [0.29, 0.717) is 11.8 Å². The van der Waals surface area contributed by atoms with E-state index in [4.69, 9.17) is 4.74 Å². The molecule has 1 fully saturated rings. The van der Waals surface area contributed by atoms with Gasteiger partial charge in [-0.25, -0.2) is 0 Å². The number of nitrogens with one attached hydrogen (secondary N) is 1. The molecule has 5 heteroatoms. The Hall–Kier alpha value is -2.40. The minimum absolute atomic E-state index is 0.198. The summed E-state index contributed by atoms with van der Waals surface area (Å²) in [5.41, 5.74) is 2.34. The van der Waals surface area contributed by atoms with Crippen LogP contribution in [0.2, 0.25) is 0 Å². The van der Waals surface area contributed by atoms with Crippen LogP contribution < -0.4 is 10.2 Å². The van der Waals surface area contributed by atoms with E-state index in [1.807, 2.05) is 24.3 Å². The number of methoxy groups -OCH3 is 1. The molecule has 120 valence electrons. The van der Waals surface area contributed by atoms with Crippen LogP contribution >= 0.6 is 0 Å². The van der Waals surface area contributed by atoms with E-state index in [1.54, 1.807) is 31.5 Å². The molecule has 1 aliphatic heterocycles. The first-order chi connectivity index (χ1) is 11.3. The third-order valence-corrected chi connectivity index (χ3v) is 4.10. The highest BCUT2D eigenvalue weighted by atomic mass is 16.5. The number of aromatic nitrogens is 1. The minimum atomic E-state index is -0.198. The van der Waals surface area contributed by atoms with Crippen molar-refractivity contribution in [2.75, 3.05) is 30.4 Å². The van der Waals surface area contributed by atoms with Crippen LogP contribution in [-0.2, 0) is 4.74 Å². The number of anilines is 2. The van der Waals surface area contributed by atoms with Gasteiger partial charge in [-0.05, 0) is 49.2 Å². The molecule has 1 aromatic carbocycles. The molecular weight excluding hydrogens is 290 g/mol. The van der Waals surface area contributed by atoms with Crippen LogP contribution in [0.15, 0.2) is 48.7 Å². The predicted octanol–water partition coefficient (Wildman–Crippen LogP) is 2.95. The summed E-state index contributed by atoms with van der Waals surface area (Å²) in [6.07, 6.45) is 4.16. The number of carbonyl (C=O) groups is 1. The van der Waals surface area contributed by atoms with Crippen molar-refractivity contribution in [3.8, 4) is 0 Å². The molecule has 2 heterocycles. The first kappa shape index (κ1) is 15.5. The Kier molecular flexibility index (Phi) is 4.88. The molecule has 1 amide bonds. The zero-order valence-electron chi connectivity index (χ0n) is 13.2. The highest BCUT2D eigenvalue weighted by molar-refractivity contribution is 6.02. The summed E-state index contributed by atoms with van der Waals surface area (Å²) in [5, 5.41) is 2.86. The first-order valence-corrected chi connectivity index (χ1v) is 7.86. The van der Waals surface area contributed by atoms with Crippen LogP contribution in [0.4, 0.5) is 11.4 Å². The third-order valence-electron chi connectivity index (χ3n) is 4.10. The van der Waals surface area contributed by atoms with Crippen LogP contribution in [0.25, 0.3) is 0 Å². The first-order valence-electron chi connectivity index (χ1n) is 7.86. The van der Waals surface area contributed by atoms with Crippen molar-refractivity contribution in [1.82, 2.24) is 4.98 Å². The molecule has 1 N–H and O–H groups in total. The number of nitrogens with zero attached hydrogens (tertiary/aromatic N) is 2. The van der Waals surface area contributed by atoms with Gasteiger partial charge in [-0.2, -0.15) is 0 Å². The second-order valence-corrected chi connectivity index (χ2v) is 5.66. The zero-order valence-corrected chi connectivity index (χ0v) is 13.2. The Balaban J connectivity index is 1.64. The number of pyridine rings is 1. The van der Waals surface area contributed by atoms with Gasteiger partial charge >= 0.3 is 0 Å². The standard InChI is InChI=1S/C18H21N3O2/c1-23-16-5-4-12-21(13-16)15-9-7-14(8-10-15)20-18(22)17-6-2-3-11-19-17/h2-3,6-11,16H,4-5,12-13H2,1H3,(H,20,22)/t16-/m1/s1. The second kappa shape index (κ2) is 7.24. The summed E-state index contributed by atoms with van der Waals surface area (Å²) < 4.78 is 5.46. The average Bonchev–Trinajstić information content (AvgIpc) is 2.63. The Morgan fingerprint density at radius 1 is 1.26 bits per heavy atom. The van der Waals surface area contributed by atoms with Gasteiger partial charge in [0.15, 0.2) is 0 Å². The maximum atomic E-state index is 12.1. The Bertz CT molecular complexity index is 643. The van der Waals surface area contributed by atoms with Gasteiger partial charge in [0.05, 0.1) is 6.10 Å². The fourth-order valence-corrected chi connectivity index (χ4v) is 2.81. The van der Waals surface area contributed by atoms with Crippen molar-refractivity contribution in [2.24, 2.45) is 0 Å². The molecule has 23 heavy (non-hydrogen) atoms. The molecule has 0 bridgehead atoms. The lowest BCUT2D eigenvalue weighted by Gasteiger charge is -2.33. The van der Waals surface area contributed by atoms with Crippen LogP contribution in [0, 0.1) is 0 Å². The minimum Gasteiger partial charge on any atom is -0.380 e. The molecule has 0 radical (unpaired) electrons. The zero-order chi connectivity index (χ0) is 16.1. The van der Waals surface area contributed by atoms with Crippen molar-refractivity contribution < 1.29 is 9.53 Å². The fourth-order valence-electron chi connectivity index (χ4n) is 2.81. The molecule has 1 saturated heterocycles. The smallest absolute Gasteiger partial charge is 0.274 e. The van der Waals surface area contributed by atoms with Gasteiger partial charge in [-0.15, -0.1) is 0 Å². The number of hydrogen-bond donors (Lipinski definition) is 1. The van der Waals surface area contributed by atoms with Gasteiger partial charge < -0.3 is 15.0 Å². The number of piperidine rings is 1. The molecule has 0 unspecified atom stereocenters. The summed E-state index contributed by atoms with van der Waals surface area (Å²) in [4.78, 5) is 18.5. The fraction of sp³-hybridized carbons (Fsp3) is 0.333. The summed E-state index contributed by atoms with van der Waals surface area (Å²) in [7, 11) is 1.77. The lowest BCUT2D eigenvalue weighted by molar-refractivity contribution is 0.0893. The molecule has 2 aromatic rings. The lowest BCUT2D eigenvalue weighted by Crippen LogP contribution is -2.39. The molecule has 0 aliphatic carbocycles. The largest absolute Gasteiger partial charge is 0.380 e. The average molecular weight is 311 g/mol. The summed E-state index contributed by atoms with van der Waals surface area (Å²) in [5.74, 6) is -0.198. The van der Waals surface area contributed by atoms with Crippen molar-refractivity contribution >= 4 is 17.3 Å². The summed E-state index contributed by atoms with van der Waals surface area (Å²) in [6.45, 7) is 1.95. The van der Waals surface area contributed by atoms with Gasteiger partial charge in [0, 0.05) is 37.8 Å². The number of ether oxygens (including phenoxy) is 1. The Labute approximate surface area is 136 Å². The summed E-state index contributed by atoms with van der Waals surface area (Å²) >= 11 is 0. The monoisotopic (exact) mass is 311 g/mol. The number of benzene rings is 1. The van der Waals surface area contributed by atoms with E-state index in [-0.39, 0.29) is 5.91 Å². The lowest BCUT2D eigenvalue weighted by atomic mass is 10.1. The molecule has 5 nitrogen and oxygen atoms in total. The Morgan fingerprint density at radius 2 is 2.09 bits per heavy atom. The number of amides is 1. The number of hydrogen-bond acceptors (Lipinski definition) is 4. The van der Waals surface area contributed by atoms with Gasteiger partial charge in [-0.3, -0.25) is 9.78 Å². The maximum Gasteiger partial charge on any atom is 0.274 e. The van der Waals surface area contributed by atoms with Gasteiger partial charge in [-0.1, -0.05) is 6.07 Å². The van der Waals surface area contributed by atoms with Crippen LogP contribution in [0.5, 0.6) is 0 Å². The van der Waals surface area contributed by atoms with Crippen molar-refractivity contribution in [1.29, 1.82) is 0 Å². The highest BCUT2D eigenvalue weighted by Crippen LogP contribution is 2.23. The van der Waals surface area contributed by atoms with E-state index in [0.717, 1.165) is 37.3 Å². The van der Waals surface area contributed by atoms with E-state index >= 15 is 0 Å². The normalized spacial score (nSPS) is 17.8. The number of carbonyl (C=O) groups excluding carboxylic acids is 1. The van der Waals surface area contributed by atoms with Crippen LogP contribution in [-0.4, -0.2) is 37.2 Å². The quantitative estimate of drug-likeness (QED) is 0.943. The highest BCUT2D eigenvalue weighted by Gasteiger charge is 2.19. The van der Waals surface area contributed by atoms with Gasteiger partial charge in [0.2, 0.25) is 0 Å². The molecule has 1 aromatic heterocycles. The predicted molar refractivity (Wildman–Crippen MR) is 90.9 cm³/mol. The van der Waals surface area contributed by atoms with Crippen molar-refractivity contribution in [3.05, 3.63) is 54.4 Å². The van der Waals surface area contributed by atoms with E-state index in [2.05, 4.69) is 15.2 Å². The topological polar surface area (TPSA) is 54.5 Å². The molecule has 1 atom stereocenters. The molecule has 0 spiro atoms. The SMILES string of the molecule is CO[C@@H]1CCCN(c2ccc(NC(=O)c3ccccn3)cc2)C1. The molecule has 1 aliphatic rings. The number of rotatable bonds is 4. The molecule has 3 rings (SSSR count). The maximum absolute atomic E-state index is 12.1. The molecular formula is C18H21N3O2. The van der Waals surface area contributed by atoms with E-state index in [9.17, 15) is 4.79 Å². The van der Waals surface area contributed by atoms with Gasteiger partial charge in [0.1, 0.15) is 5.69 Å².